The van der Waals surface area contributed by atoms with Crippen LogP contribution in [-0.4, -0.2) is 51.5 Å². The van der Waals surface area contributed by atoms with Crippen molar-refractivity contribution in [1.82, 2.24) is 19.6 Å². The second-order valence-electron chi connectivity index (χ2n) is 9.26. The topological polar surface area (TPSA) is 58.4 Å². The lowest BCUT2D eigenvalue weighted by atomic mass is 9.95. The fraction of sp³-hybridized carbons (Fsp3) is 0.370. The zero-order chi connectivity index (χ0) is 24.2. The molecule has 1 fully saturated rings. The lowest BCUT2D eigenvalue weighted by Gasteiger charge is -2.35. The summed E-state index contributed by atoms with van der Waals surface area (Å²) in [7, 11) is 1.83. The number of benzene rings is 2. The van der Waals surface area contributed by atoms with Crippen LogP contribution in [0.1, 0.15) is 32.3 Å². The normalized spacial score (nSPS) is 16.0. The monoisotopic (exact) mass is 478 g/mol. The number of likely N-dealkylation sites (tertiary alicyclic amines) is 1. The second-order valence-corrected chi connectivity index (χ2v) is 9.70. The Hall–Kier alpha value is -3.12. The molecule has 0 aliphatic carbocycles. The minimum absolute atomic E-state index is 0.0580. The van der Waals surface area contributed by atoms with Crippen LogP contribution < -0.4 is 0 Å². The smallest absolute Gasteiger partial charge is 0.227 e. The molecular formula is C27H31ClN4O2. The van der Waals surface area contributed by atoms with E-state index in [2.05, 4.69) is 0 Å². The molecule has 0 spiro atoms. The zero-order valence-electron chi connectivity index (χ0n) is 19.9. The van der Waals surface area contributed by atoms with Crippen LogP contribution in [-0.2, 0) is 16.1 Å². The van der Waals surface area contributed by atoms with Crippen LogP contribution in [0.5, 0.6) is 0 Å². The summed E-state index contributed by atoms with van der Waals surface area (Å²) in [6.07, 6.45) is 3.64. The average Bonchev–Trinajstić information content (AvgIpc) is 3.27. The molecule has 0 N–H and O–H groups in total. The molecule has 178 valence electrons. The Morgan fingerprint density at radius 1 is 1.12 bits per heavy atom. The highest BCUT2D eigenvalue weighted by Crippen LogP contribution is 2.27. The van der Waals surface area contributed by atoms with Crippen LogP contribution >= 0.6 is 11.6 Å². The number of carbonyl (C=O) groups excluding carboxylic acids is 2. The summed E-state index contributed by atoms with van der Waals surface area (Å²) in [6.45, 7) is 5.46. The van der Waals surface area contributed by atoms with Gasteiger partial charge in [0.1, 0.15) is 0 Å². The number of hydrogen-bond donors (Lipinski definition) is 0. The van der Waals surface area contributed by atoms with Gasteiger partial charge in [-0.05, 0) is 37.1 Å². The molecule has 7 heteroatoms. The maximum atomic E-state index is 13.4. The Labute approximate surface area is 206 Å². The van der Waals surface area contributed by atoms with E-state index in [1.807, 2.05) is 91.3 Å². The molecule has 2 amide bonds. The Bertz CT molecular complexity index is 1140. The fourth-order valence-electron chi connectivity index (χ4n) is 4.48. The van der Waals surface area contributed by atoms with Crippen molar-refractivity contribution in [2.24, 2.45) is 11.8 Å². The van der Waals surface area contributed by atoms with Gasteiger partial charge in [-0.1, -0.05) is 55.8 Å². The van der Waals surface area contributed by atoms with Gasteiger partial charge in [0, 0.05) is 54.9 Å². The maximum absolute atomic E-state index is 13.4. The first-order valence-electron chi connectivity index (χ1n) is 11.8. The molecule has 1 aliphatic rings. The van der Waals surface area contributed by atoms with Crippen molar-refractivity contribution in [3.8, 4) is 16.9 Å². The van der Waals surface area contributed by atoms with Crippen molar-refractivity contribution >= 4 is 23.4 Å². The largest absolute Gasteiger partial charge is 0.342 e. The van der Waals surface area contributed by atoms with E-state index >= 15 is 0 Å². The quantitative estimate of drug-likeness (QED) is 0.498. The van der Waals surface area contributed by atoms with Crippen LogP contribution in [0, 0.1) is 11.8 Å². The van der Waals surface area contributed by atoms with Crippen LogP contribution in [0.3, 0.4) is 0 Å². The van der Waals surface area contributed by atoms with Crippen LogP contribution in [0.4, 0.5) is 0 Å². The number of hydrogen-bond acceptors (Lipinski definition) is 3. The highest BCUT2D eigenvalue weighted by molar-refractivity contribution is 6.30. The number of piperidine rings is 1. The van der Waals surface area contributed by atoms with Crippen molar-refractivity contribution in [2.75, 3.05) is 20.1 Å². The summed E-state index contributed by atoms with van der Waals surface area (Å²) < 4.78 is 1.85. The van der Waals surface area contributed by atoms with Crippen molar-refractivity contribution in [2.45, 2.75) is 33.2 Å². The van der Waals surface area contributed by atoms with E-state index in [-0.39, 0.29) is 23.7 Å². The number of nitrogens with zero attached hydrogens (tertiary/aromatic N) is 4. The number of rotatable bonds is 6. The first kappa shape index (κ1) is 24.0. The van der Waals surface area contributed by atoms with Gasteiger partial charge in [-0.3, -0.25) is 9.59 Å². The van der Waals surface area contributed by atoms with Gasteiger partial charge in [-0.25, -0.2) is 4.68 Å². The van der Waals surface area contributed by atoms with Gasteiger partial charge in [0.2, 0.25) is 11.8 Å². The molecule has 0 bridgehead atoms. The van der Waals surface area contributed by atoms with Gasteiger partial charge in [0.25, 0.3) is 0 Å². The zero-order valence-corrected chi connectivity index (χ0v) is 20.7. The average molecular weight is 479 g/mol. The molecule has 1 aliphatic heterocycles. The molecule has 2 heterocycles. The standard InChI is InChI=1S/C27H31ClN4O2/c1-19(2)26(33)31-15-7-8-21(17-31)27(34)30(3)16-22-18-32(24-9-5-4-6-10-24)29-25(22)20-11-13-23(28)14-12-20/h4-6,9-14,18-19,21H,7-8,15-17H2,1-3H3/t21-/m1/s1. The summed E-state index contributed by atoms with van der Waals surface area (Å²) in [5, 5.41) is 5.51. The predicted octanol–water partition coefficient (Wildman–Crippen LogP) is 5.05. The van der Waals surface area contributed by atoms with Gasteiger partial charge >= 0.3 is 0 Å². The molecule has 0 unspecified atom stereocenters. The lowest BCUT2D eigenvalue weighted by Crippen LogP contribution is -2.46. The molecule has 0 radical (unpaired) electrons. The maximum Gasteiger partial charge on any atom is 0.227 e. The Morgan fingerprint density at radius 2 is 1.82 bits per heavy atom. The first-order chi connectivity index (χ1) is 16.3. The third kappa shape index (κ3) is 5.33. The molecule has 1 aromatic heterocycles. The minimum atomic E-state index is -0.176. The highest BCUT2D eigenvalue weighted by atomic mass is 35.5. The molecule has 2 aromatic carbocycles. The summed E-state index contributed by atoms with van der Waals surface area (Å²) in [6, 6.07) is 17.5. The van der Waals surface area contributed by atoms with Crippen LogP contribution in [0.25, 0.3) is 16.9 Å². The number of carbonyl (C=O) groups is 2. The fourth-order valence-corrected chi connectivity index (χ4v) is 4.60. The minimum Gasteiger partial charge on any atom is -0.342 e. The number of aromatic nitrogens is 2. The van der Waals surface area contributed by atoms with Crippen LogP contribution in [0.15, 0.2) is 60.8 Å². The highest BCUT2D eigenvalue weighted by Gasteiger charge is 2.31. The van der Waals surface area contributed by atoms with E-state index in [9.17, 15) is 9.59 Å². The molecule has 4 rings (SSSR count). The molecule has 1 atom stereocenters. The second kappa shape index (κ2) is 10.4. The molecular weight excluding hydrogens is 448 g/mol. The van der Waals surface area contributed by atoms with Gasteiger partial charge in [0.15, 0.2) is 0 Å². The number of amides is 2. The molecule has 0 saturated carbocycles. The van der Waals surface area contributed by atoms with E-state index in [1.54, 1.807) is 4.90 Å². The van der Waals surface area contributed by atoms with Gasteiger partial charge in [-0.2, -0.15) is 5.10 Å². The summed E-state index contributed by atoms with van der Waals surface area (Å²) in [5.74, 6) is -0.0490. The van der Waals surface area contributed by atoms with Gasteiger partial charge in [-0.15, -0.1) is 0 Å². The third-order valence-corrected chi connectivity index (χ3v) is 6.54. The number of halogens is 1. The molecule has 3 aromatic rings. The Kier molecular flexibility index (Phi) is 7.37. The van der Waals surface area contributed by atoms with Crippen molar-refractivity contribution < 1.29 is 9.59 Å². The van der Waals surface area contributed by atoms with Crippen molar-refractivity contribution in [3.05, 3.63) is 71.4 Å². The van der Waals surface area contributed by atoms with E-state index < -0.39 is 0 Å². The lowest BCUT2D eigenvalue weighted by molar-refractivity contribution is -0.141. The summed E-state index contributed by atoms with van der Waals surface area (Å²) in [5.41, 5.74) is 3.67. The van der Waals surface area contributed by atoms with Gasteiger partial charge in [0.05, 0.1) is 17.3 Å². The summed E-state index contributed by atoms with van der Waals surface area (Å²) >= 11 is 6.10. The van der Waals surface area contributed by atoms with Crippen LogP contribution in [0.2, 0.25) is 5.02 Å². The van der Waals surface area contributed by atoms with E-state index in [0.29, 0.717) is 18.1 Å². The SMILES string of the molecule is CC(C)C(=O)N1CCC[C@@H](C(=O)N(C)Cc2cn(-c3ccccc3)nc2-c2ccc(Cl)cc2)C1. The Morgan fingerprint density at radius 3 is 2.50 bits per heavy atom. The van der Waals surface area contributed by atoms with Crippen molar-refractivity contribution in [1.29, 1.82) is 0 Å². The third-order valence-electron chi connectivity index (χ3n) is 6.29. The molecule has 1 saturated heterocycles. The number of para-hydroxylation sites is 1. The van der Waals surface area contributed by atoms with E-state index in [4.69, 9.17) is 16.7 Å². The van der Waals surface area contributed by atoms with Gasteiger partial charge < -0.3 is 9.80 Å². The van der Waals surface area contributed by atoms with E-state index in [1.165, 1.54) is 0 Å². The predicted molar refractivity (Wildman–Crippen MR) is 135 cm³/mol. The van der Waals surface area contributed by atoms with E-state index in [0.717, 1.165) is 41.9 Å². The summed E-state index contributed by atoms with van der Waals surface area (Å²) in [4.78, 5) is 29.4. The van der Waals surface area contributed by atoms with Crippen molar-refractivity contribution in [3.63, 3.8) is 0 Å². The first-order valence-corrected chi connectivity index (χ1v) is 12.1. The Balaban J connectivity index is 1.57. The molecule has 6 nitrogen and oxygen atoms in total. The molecule has 34 heavy (non-hydrogen) atoms.